The van der Waals surface area contributed by atoms with Crippen molar-refractivity contribution in [3.05, 3.63) is 12.2 Å². The average Bonchev–Trinajstić information content (AvgIpc) is 3.20. The number of rotatable bonds is 45. The molecule has 0 aliphatic heterocycles. The third-order valence-electron chi connectivity index (χ3n) is 10.6. The van der Waals surface area contributed by atoms with E-state index in [1.165, 1.54) is 154 Å². The highest BCUT2D eigenvalue weighted by Crippen LogP contribution is 2.43. The van der Waals surface area contributed by atoms with Gasteiger partial charge in [-0.05, 0) is 38.5 Å². The normalized spacial score (nSPS) is 13.7. The topological polar surface area (TPSA) is 169 Å². The van der Waals surface area contributed by atoms with Gasteiger partial charge in [-0.2, -0.15) is 0 Å². The molecule has 4 N–H and O–H groups in total. The molecule has 1 amide bonds. The molecule has 0 aromatic heterocycles. The second kappa shape index (κ2) is 41.9. The summed E-state index contributed by atoms with van der Waals surface area (Å²) in [7, 11) is -4.75. The second-order valence-corrected chi connectivity index (χ2v) is 17.8. The third kappa shape index (κ3) is 41.0. The summed E-state index contributed by atoms with van der Waals surface area (Å²) in [5.41, 5.74) is 0. The van der Waals surface area contributed by atoms with Gasteiger partial charge in [0.15, 0.2) is 6.04 Å². The summed E-state index contributed by atoms with van der Waals surface area (Å²) in [6, 6.07) is -1.54. The number of unbranched alkanes of at least 4 members (excludes halogenated alkanes) is 29. The molecular weight excluding hydrogens is 757 g/mol. The van der Waals surface area contributed by atoms with E-state index in [2.05, 4.69) is 31.3 Å². The second-order valence-electron chi connectivity index (χ2n) is 16.3. The van der Waals surface area contributed by atoms with Crippen LogP contribution in [0.4, 0.5) is 0 Å². The highest BCUT2D eigenvalue weighted by Gasteiger charge is 2.28. The standard InChI is InChI=1S/C46H88NO10P/c1-3-5-7-9-11-13-15-17-19-20-21-22-24-25-27-29-31-33-35-37-44(49)47-43(46(51)52)41-57-58(53,54)56-40-42(48)39-55-45(50)38-36-34-32-30-28-26-23-18-16-14-12-10-8-6-4-2/h17,19,42-43,48H,3-16,18,20-41H2,1-2H3,(H,47,49)(H,51,52)(H,53,54)/b19-17+. The Morgan fingerprint density at radius 2 is 0.897 bits per heavy atom. The number of esters is 1. The lowest BCUT2D eigenvalue weighted by Crippen LogP contribution is -2.43. The van der Waals surface area contributed by atoms with Crippen LogP contribution in [0.2, 0.25) is 0 Å². The largest absolute Gasteiger partial charge is 0.480 e. The Labute approximate surface area is 354 Å². The summed E-state index contributed by atoms with van der Waals surface area (Å²) in [6.07, 6.45) is 42.3. The number of carbonyl (C=O) groups is 3. The molecule has 0 radical (unpaired) electrons. The number of carboxylic acid groups (broad SMARTS) is 1. The van der Waals surface area contributed by atoms with Crippen molar-refractivity contribution in [3.63, 3.8) is 0 Å². The van der Waals surface area contributed by atoms with Gasteiger partial charge < -0.3 is 25.2 Å². The van der Waals surface area contributed by atoms with Gasteiger partial charge in [-0.25, -0.2) is 9.36 Å². The maximum atomic E-state index is 12.3. The Kier molecular flexibility index (Phi) is 40.6. The van der Waals surface area contributed by atoms with Crippen LogP contribution in [0.3, 0.4) is 0 Å². The maximum Gasteiger partial charge on any atom is 0.472 e. The van der Waals surface area contributed by atoms with Crippen LogP contribution in [-0.4, -0.2) is 64.9 Å². The van der Waals surface area contributed by atoms with E-state index < -0.39 is 57.6 Å². The fourth-order valence-corrected chi connectivity index (χ4v) is 7.61. The summed E-state index contributed by atoms with van der Waals surface area (Å²) in [5.74, 6) is -2.36. The summed E-state index contributed by atoms with van der Waals surface area (Å²) < 4.78 is 26.9. The summed E-state index contributed by atoms with van der Waals surface area (Å²) >= 11 is 0. The number of hydrogen-bond donors (Lipinski definition) is 4. The fraction of sp³-hybridized carbons (Fsp3) is 0.891. The number of aliphatic hydroxyl groups is 1. The SMILES string of the molecule is CCCCCCCC/C=C/CCCCCCCCCCCC(=O)NC(COP(=O)(O)OCC(O)COC(=O)CCCCCCCCCCCCCCCCC)C(=O)O. The van der Waals surface area contributed by atoms with Crippen molar-refractivity contribution < 1.29 is 47.8 Å². The molecule has 0 saturated heterocycles. The highest BCUT2D eigenvalue weighted by molar-refractivity contribution is 7.47. The highest BCUT2D eigenvalue weighted by atomic mass is 31.2. The van der Waals surface area contributed by atoms with Crippen LogP contribution in [0.25, 0.3) is 0 Å². The summed E-state index contributed by atoms with van der Waals surface area (Å²) in [5, 5.41) is 21.9. The fourth-order valence-electron chi connectivity index (χ4n) is 6.84. The Balaban J connectivity index is 3.85. The monoisotopic (exact) mass is 846 g/mol. The Morgan fingerprint density at radius 1 is 0.534 bits per heavy atom. The maximum absolute atomic E-state index is 12.3. The van der Waals surface area contributed by atoms with Gasteiger partial charge in [0.2, 0.25) is 5.91 Å². The minimum atomic E-state index is -4.75. The minimum absolute atomic E-state index is 0.147. The van der Waals surface area contributed by atoms with Crippen molar-refractivity contribution in [2.24, 2.45) is 0 Å². The van der Waals surface area contributed by atoms with Gasteiger partial charge in [-0.3, -0.25) is 18.6 Å². The molecule has 0 fully saturated rings. The predicted octanol–water partition coefficient (Wildman–Crippen LogP) is 12.5. The van der Waals surface area contributed by atoms with E-state index in [0.717, 1.165) is 38.5 Å². The van der Waals surface area contributed by atoms with E-state index in [1.54, 1.807) is 0 Å². The third-order valence-corrected chi connectivity index (χ3v) is 11.5. The molecule has 342 valence electrons. The first-order chi connectivity index (χ1) is 28.1. The van der Waals surface area contributed by atoms with Crippen LogP contribution < -0.4 is 5.32 Å². The van der Waals surface area contributed by atoms with E-state index in [0.29, 0.717) is 12.8 Å². The molecule has 3 unspecified atom stereocenters. The number of carboxylic acids is 1. The average molecular weight is 846 g/mol. The number of phosphoric ester groups is 1. The lowest BCUT2D eigenvalue weighted by Gasteiger charge is -2.18. The molecule has 11 nitrogen and oxygen atoms in total. The number of hydrogen-bond acceptors (Lipinski definition) is 8. The van der Waals surface area contributed by atoms with Crippen LogP contribution in [0, 0.1) is 0 Å². The number of phosphoric acid groups is 1. The molecule has 0 aliphatic carbocycles. The molecule has 12 heteroatoms. The van der Waals surface area contributed by atoms with Crippen molar-refractivity contribution in [1.82, 2.24) is 5.32 Å². The first kappa shape index (κ1) is 56.2. The van der Waals surface area contributed by atoms with E-state index in [4.69, 9.17) is 13.8 Å². The van der Waals surface area contributed by atoms with Gasteiger partial charge in [0.05, 0.1) is 13.2 Å². The molecule has 0 rings (SSSR count). The number of nitrogens with one attached hydrogen (secondary N) is 1. The number of carbonyl (C=O) groups excluding carboxylic acids is 2. The van der Waals surface area contributed by atoms with E-state index in [1.807, 2.05) is 0 Å². The van der Waals surface area contributed by atoms with Gasteiger partial charge in [0.1, 0.15) is 12.7 Å². The number of aliphatic carboxylic acids is 1. The molecule has 0 saturated carbocycles. The lowest BCUT2D eigenvalue weighted by atomic mass is 10.0. The number of amides is 1. The zero-order valence-electron chi connectivity index (χ0n) is 37.1. The molecule has 0 spiro atoms. The Bertz CT molecular complexity index is 1040. The van der Waals surface area contributed by atoms with Crippen molar-refractivity contribution >= 4 is 25.7 Å². The summed E-state index contributed by atoms with van der Waals surface area (Å²) in [4.78, 5) is 46.0. The predicted molar refractivity (Wildman–Crippen MR) is 236 cm³/mol. The van der Waals surface area contributed by atoms with Crippen LogP contribution >= 0.6 is 7.82 Å². The van der Waals surface area contributed by atoms with Crippen molar-refractivity contribution in [2.75, 3.05) is 19.8 Å². The Morgan fingerprint density at radius 3 is 1.31 bits per heavy atom. The van der Waals surface area contributed by atoms with Gasteiger partial charge in [0.25, 0.3) is 0 Å². The van der Waals surface area contributed by atoms with Crippen LogP contribution in [0.1, 0.15) is 232 Å². The number of ether oxygens (including phenoxy) is 1. The molecule has 58 heavy (non-hydrogen) atoms. The molecule has 0 aliphatic rings. The van der Waals surface area contributed by atoms with Crippen molar-refractivity contribution in [1.29, 1.82) is 0 Å². The Hall–Kier alpha value is -1.78. The van der Waals surface area contributed by atoms with Crippen LogP contribution in [0.5, 0.6) is 0 Å². The van der Waals surface area contributed by atoms with Crippen LogP contribution in [-0.2, 0) is 32.7 Å². The summed E-state index contributed by atoms with van der Waals surface area (Å²) in [6.45, 7) is 2.62. The zero-order chi connectivity index (χ0) is 42.8. The smallest absolute Gasteiger partial charge is 0.472 e. The van der Waals surface area contributed by atoms with E-state index >= 15 is 0 Å². The number of allylic oxidation sites excluding steroid dienone is 2. The van der Waals surface area contributed by atoms with Gasteiger partial charge in [0, 0.05) is 12.8 Å². The quantitative estimate of drug-likeness (QED) is 0.0200. The molecule has 0 aromatic carbocycles. The van der Waals surface area contributed by atoms with Gasteiger partial charge in [-0.1, -0.05) is 193 Å². The first-order valence-corrected chi connectivity index (χ1v) is 25.2. The molecule has 3 atom stereocenters. The molecule has 0 bridgehead atoms. The zero-order valence-corrected chi connectivity index (χ0v) is 38.0. The van der Waals surface area contributed by atoms with Gasteiger partial charge in [-0.15, -0.1) is 0 Å². The van der Waals surface area contributed by atoms with Crippen molar-refractivity contribution in [3.8, 4) is 0 Å². The van der Waals surface area contributed by atoms with Crippen LogP contribution in [0.15, 0.2) is 12.2 Å². The van der Waals surface area contributed by atoms with Crippen molar-refractivity contribution in [2.45, 2.75) is 244 Å². The van der Waals surface area contributed by atoms with E-state index in [-0.39, 0.29) is 12.8 Å². The number of aliphatic hydroxyl groups excluding tert-OH is 1. The minimum Gasteiger partial charge on any atom is -0.480 e. The van der Waals surface area contributed by atoms with Gasteiger partial charge >= 0.3 is 19.8 Å². The van der Waals surface area contributed by atoms with E-state index in [9.17, 15) is 34.1 Å². The lowest BCUT2D eigenvalue weighted by molar-refractivity contribution is -0.147. The molecular formula is C46H88NO10P. The molecule has 0 aromatic rings. The first-order valence-electron chi connectivity index (χ1n) is 23.7. The molecule has 0 heterocycles.